The van der Waals surface area contributed by atoms with Gasteiger partial charge in [0.05, 0.1) is 21.4 Å². The van der Waals surface area contributed by atoms with Crippen molar-refractivity contribution in [2.45, 2.75) is 17.7 Å². The summed E-state index contributed by atoms with van der Waals surface area (Å²) in [5.74, 6) is 1.21. The van der Waals surface area contributed by atoms with Crippen LogP contribution in [0, 0.1) is 10.1 Å². The van der Waals surface area contributed by atoms with E-state index in [-0.39, 0.29) is 17.3 Å². The number of hydrogen-bond donors (Lipinski definition) is 1. The Morgan fingerprint density at radius 3 is 2.74 bits per heavy atom. The van der Waals surface area contributed by atoms with Crippen molar-refractivity contribution in [3.63, 3.8) is 0 Å². The van der Waals surface area contributed by atoms with Gasteiger partial charge in [-0.3, -0.25) is 14.9 Å². The fourth-order valence-corrected chi connectivity index (χ4v) is 3.84. The van der Waals surface area contributed by atoms with Crippen LogP contribution in [0.3, 0.4) is 0 Å². The highest BCUT2D eigenvalue weighted by molar-refractivity contribution is 9.10. The number of anilines is 1. The van der Waals surface area contributed by atoms with Gasteiger partial charge in [-0.25, -0.2) is 5.43 Å². The number of hydrogen-bond acceptors (Lipinski definition) is 7. The third-order valence-corrected chi connectivity index (χ3v) is 5.46. The normalized spacial score (nSPS) is 14.0. The number of amides is 1. The fourth-order valence-electron chi connectivity index (χ4n) is 2.59. The first-order chi connectivity index (χ1) is 13.0. The van der Waals surface area contributed by atoms with Crippen LogP contribution in [0.1, 0.15) is 18.6 Å². The van der Waals surface area contributed by atoms with Crippen molar-refractivity contribution in [3.05, 3.63) is 50.7 Å². The van der Waals surface area contributed by atoms with Crippen LogP contribution in [0.15, 0.2) is 49.2 Å². The van der Waals surface area contributed by atoms with Gasteiger partial charge in [-0.1, -0.05) is 0 Å². The molecular formula is C17H17BrN4O4S. The van der Waals surface area contributed by atoms with Crippen molar-refractivity contribution in [1.29, 1.82) is 0 Å². The molecule has 1 aromatic carbocycles. The molecule has 2 heterocycles. The van der Waals surface area contributed by atoms with Gasteiger partial charge in [0.15, 0.2) is 5.76 Å². The molecule has 0 atom stereocenters. The Hall–Kier alpha value is -2.33. The summed E-state index contributed by atoms with van der Waals surface area (Å²) in [6.45, 7) is 1.94. The predicted molar refractivity (Wildman–Crippen MR) is 107 cm³/mol. The first-order valence-electron chi connectivity index (χ1n) is 8.26. The summed E-state index contributed by atoms with van der Waals surface area (Å²) in [6.07, 6.45) is 3.76. The molecule has 10 heteroatoms. The maximum absolute atomic E-state index is 11.9. The number of non-ortho nitro benzene ring substituents is 1. The molecular weight excluding hydrogens is 436 g/mol. The van der Waals surface area contributed by atoms with Crippen molar-refractivity contribution in [3.8, 4) is 0 Å². The van der Waals surface area contributed by atoms with E-state index in [1.807, 2.05) is 6.07 Å². The number of carbonyl (C=O) groups is 1. The van der Waals surface area contributed by atoms with Gasteiger partial charge in [0, 0.05) is 36.2 Å². The molecule has 27 heavy (non-hydrogen) atoms. The van der Waals surface area contributed by atoms with E-state index in [0.29, 0.717) is 5.76 Å². The number of nitro benzene ring substituents is 1. The summed E-state index contributed by atoms with van der Waals surface area (Å²) in [7, 11) is 0. The minimum atomic E-state index is -0.460. The molecule has 1 amide bonds. The average Bonchev–Trinajstić information content (AvgIpc) is 3.30. The predicted octanol–water partition coefficient (Wildman–Crippen LogP) is 3.79. The standard InChI is InChI=1S/C17H17BrN4O4S/c18-15-9-13(26-17(15)21-7-1-2-8-21)10-19-20-16(23)11-27-14-5-3-12(4-6-14)22(24)25/h3-6,9-10H,1-2,7-8,11H2,(H,20,23)/b19-10-. The van der Waals surface area contributed by atoms with E-state index in [9.17, 15) is 14.9 Å². The number of nitrogens with one attached hydrogen (secondary N) is 1. The Morgan fingerprint density at radius 1 is 1.37 bits per heavy atom. The van der Waals surface area contributed by atoms with Gasteiger partial charge >= 0.3 is 0 Å². The molecule has 1 fully saturated rings. The topological polar surface area (TPSA) is 101 Å². The van der Waals surface area contributed by atoms with Crippen molar-refractivity contribution in [1.82, 2.24) is 5.43 Å². The summed E-state index contributed by atoms with van der Waals surface area (Å²) in [5, 5.41) is 14.5. The van der Waals surface area contributed by atoms with Gasteiger partial charge in [-0.15, -0.1) is 11.8 Å². The van der Waals surface area contributed by atoms with E-state index >= 15 is 0 Å². The van der Waals surface area contributed by atoms with Crippen LogP contribution in [-0.4, -0.2) is 35.9 Å². The molecule has 0 radical (unpaired) electrons. The van der Waals surface area contributed by atoms with Crippen molar-refractivity contribution < 1.29 is 14.1 Å². The monoisotopic (exact) mass is 452 g/mol. The second-order valence-electron chi connectivity index (χ2n) is 5.83. The van der Waals surface area contributed by atoms with Gasteiger partial charge < -0.3 is 9.32 Å². The summed E-state index contributed by atoms with van der Waals surface area (Å²) in [4.78, 5) is 25.0. The highest BCUT2D eigenvalue weighted by Gasteiger charge is 2.19. The van der Waals surface area contributed by atoms with Crippen LogP contribution >= 0.6 is 27.7 Å². The Morgan fingerprint density at radius 2 is 2.07 bits per heavy atom. The molecule has 1 aliphatic heterocycles. The van der Waals surface area contributed by atoms with Gasteiger partial charge in [0.25, 0.3) is 5.69 Å². The Balaban J connectivity index is 1.47. The Bertz CT molecular complexity index is 847. The third-order valence-electron chi connectivity index (χ3n) is 3.88. The number of hydrazone groups is 1. The first-order valence-corrected chi connectivity index (χ1v) is 10.0. The summed E-state index contributed by atoms with van der Waals surface area (Å²) < 4.78 is 6.62. The molecule has 0 bridgehead atoms. The molecule has 2 aromatic rings. The lowest BCUT2D eigenvalue weighted by Crippen LogP contribution is -2.19. The quantitative estimate of drug-likeness (QED) is 0.296. The lowest BCUT2D eigenvalue weighted by atomic mass is 10.3. The highest BCUT2D eigenvalue weighted by Crippen LogP contribution is 2.31. The fraction of sp³-hybridized carbons (Fsp3) is 0.294. The number of carbonyl (C=O) groups excluding carboxylic acids is 1. The Kier molecular flexibility index (Phi) is 6.51. The first kappa shape index (κ1) is 19.4. The molecule has 1 N–H and O–H groups in total. The van der Waals surface area contributed by atoms with Crippen LogP contribution in [0.4, 0.5) is 11.6 Å². The maximum atomic E-state index is 11.9. The van der Waals surface area contributed by atoms with E-state index in [0.717, 1.165) is 41.2 Å². The van der Waals surface area contributed by atoms with Crippen LogP contribution in [0.5, 0.6) is 0 Å². The summed E-state index contributed by atoms with van der Waals surface area (Å²) >= 11 is 4.76. The zero-order valence-electron chi connectivity index (χ0n) is 14.3. The van der Waals surface area contributed by atoms with Crippen LogP contribution < -0.4 is 10.3 Å². The number of halogens is 1. The van der Waals surface area contributed by atoms with Gasteiger partial charge in [-0.2, -0.15) is 5.10 Å². The molecule has 1 aliphatic rings. The molecule has 142 valence electrons. The van der Waals surface area contributed by atoms with Gasteiger partial charge in [0.1, 0.15) is 0 Å². The molecule has 0 spiro atoms. The van der Waals surface area contributed by atoms with Gasteiger partial charge in [0.2, 0.25) is 11.8 Å². The number of furan rings is 1. The lowest BCUT2D eigenvalue weighted by Gasteiger charge is -2.13. The van der Waals surface area contributed by atoms with Crippen molar-refractivity contribution >= 4 is 51.4 Å². The van der Waals surface area contributed by atoms with Crippen LogP contribution in [-0.2, 0) is 4.79 Å². The minimum Gasteiger partial charge on any atom is -0.438 e. The van der Waals surface area contributed by atoms with Crippen molar-refractivity contribution in [2.24, 2.45) is 5.10 Å². The third kappa shape index (κ3) is 5.33. The SMILES string of the molecule is O=C(CSc1ccc([N+](=O)[O-])cc1)N/N=C\c1cc(Br)c(N2CCCC2)o1. The van der Waals surface area contributed by atoms with Gasteiger partial charge in [-0.05, 0) is 40.9 Å². The molecule has 0 saturated carbocycles. The largest absolute Gasteiger partial charge is 0.438 e. The zero-order valence-corrected chi connectivity index (χ0v) is 16.7. The second-order valence-corrected chi connectivity index (χ2v) is 7.73. The summed E-state index contributed by atoms with van der Waals surface area (Å²) in [6, 6.07) is 7.85. The van der Waals surface area contributed by atoms with E-state index < -0.39 is 4.92 Å². The zero-order chi connectivity index (χ0) is 19.2. The van der Waals surface area contributed by atoms with E-state index in [1.165, 1.54) is 30.1 Å². The van der Waals surface area contributed by atoms with E-state index in [4.69, 9.17) is 4.42 Å². The van der Waals surface area contributed by atoms with E-state index in [1.54, 1.807) is 12.1 Å². The molecule has 1 saturated heterocycles. The molecule has 3 rings (SSSR count). The number of nitrogens with zero attached hydrogens (tertiary/aromatic N) is 3. The molecule has 0 unspecified atom stereocenters. The minimum absolute atomic E-state index is 0.0197. The average molecular weight is 453 g/mol. The smallest absolute Gasteiger partial charge is 0.269 e. The molecule has 0 aliphatic carbocycles. The van der Waals surface area contributed by atoms with E-state index in [2.05, 4.69) is 31.4 Å². The van der Waals surface area contributed by atoms with Crippen LogP contribution in [0.2, 0.25) is 0 Å². The van der Waals surface area contributed by atoms with Crippen LogP contribution in [0.25, 0.3) is 0 Å². The molecule has 1 aromatic heterocycles. The lowest BCUT2D eigenvalue weighted by molar-refractivity contribution is -0.384. The number of benzene rings is 1. The number of nitro groups is 1. The molecule has 8 nitrogen and oxygen atoms in total. The number of thioether (sulfide) groups is 1. The summed E-state index contributed by atoms with van der Waals surface area (Å²) in [5.41, 5.74) is 2.46. The van der Waals surface area contributed by atoms with Crippen molar-refractivity contribution in [2.75, 3.05) is 23.7 Å². The second kappa shape index (κ2) is 9.05. The number of rotatable bonds is 7. The highest BCUT2D eigenvalue weighted by atomic mass is 79.9. The maximum Gasteiger partial charge on any atom is 0.269 e. The Labute approximate surface area is 168 Å².